The zero-order valence-electron chi connectivity index (χ0n) is 29.5. The third kappa shape index (κ3) is 18.7. The number of aliphatic hydroxyl groups is 2. The fourth-order valence-corrected chi connectivity index (χ4v) is 4.97. The number of hydrogen-bond acceptors (Lipinski definition) is 18. The van der Waals surface area contributed by atoms with Crippen molar-refractivity contribution in [1.82, 2.24) is 28.1 Å². The quantitative estimate of drug-likeness (QED) is 0.146. The number of morpholine rings is 2. The monoisotopic (exact) mass is 748 g/mol. The average Bonchev–Trinajstić information content (AvgIpc) is 3.74. The Morgan fingerprint density at radius 1 is 0.720 bits per heavy atom. The second kappa shape index (κ2) is 21.9. The van der Waals surface area contributed by atoms with Crippen LogP contribution in [0, 0.1) is 0 Å². The van der Waals surface area contributed by atoms with Crippen molar-refractivity contribution in [3.05, 3.63) is 12.2 Å². The summed E-state index contributed by atoms with van der Waals surface area (Å²) >= 11 is 2.25. The van der Waals surface area contributed by atoms with E-state index in [9.17, 15) is 19.8 Å². The topological polar surface area (TPSA) is 234 Å². The molecule has 2 atom stereocenters. The van der Waals surface area contributed by atoms with Crippen molar-refractivity contribution in [2.75, 3.05) is 88.7 Å². The lowest BCUT2D eigenvalue weighted by Crippen LogP contribution is -2.42. The summed E-state index contributed by atoms with van der Waals surface area (Å²) in [7, 11) is 0. The van der Waals surface area contributed by atoms with E-state index in [0.717, 1.165) is 61.3 Å². The van der Waals surface area contributed by atoms with Crippen molar-refractivity contribution in [3.63, 3.8) is 0 Å². The second-order valence-electron chi connectivity index (χ2n) is 13.2. The fourth-order valence-electron chi connectivity index (χ4n) is 3.93. The van der Waals surface area contributed by atoms with Crippen molar-refractivity contribution < 1.29 is 49.0 Å². The third-order valence-corrected chi connectivity index (χ3v) is 7.44. The van der Waals surface area contributed by atoms with Crippen LogP contribution in [0.5, 0.6) is 11.8 Å². The molecule has 284 valence electrons. The maximum atomic E-state index is 9.95. The molecule has 0 saturated carbocycles. The van der Waals surface area contributed by atoms with Crippen LogP contribution in [0.3, 0.4) is 0 Å². The first kappa shape index (κ1) is 42.9. The molecule has 4 rings (SSSR count). The lowest BCUT2D eigenvalue weighted by atomic mass is 10.1. The van der Waals surface area contributed by atoms with E-state index in [1.165, 1.54) is 0 Å². The molecule has 18 nitrogen and oxygen atoms in total. The predicted octanol–water partition coefficient (Wildman–Crippen LogP) is 0.717. The van der Waals surface area contributed by atoms with Crippen LogP contribution in [0.2, 0.25) is 0 Å². The Kier molecular flexibility index (Phi) is 18.8. The van der Waals surface area contributed by atoms with Crippen LogP contribution in [0.15, 0.2) is 12.2 Å². The normalized spacial score (nSPS) is 16.5. The first-order chi connectivity index (χ1) is 23.5. The van der Waals surface area contributed by atoms with Crippen LogP contribution in [-0.2, 0) is 19.1 Å². The maximum Gasteiger partial charge on any atom is 0.328 e. The maximum absolute atomic E-state index is 9.95. The fraction of sp³-hybridized carbons (Fsp3) is 0.733. The Bertz CT molecular complexity index is 1190. The molecule has 0 spiro atoms. The minimum absolute atomic E-state index is 0.0257. The first-order valence-electron chi connectivity index (χ1n) is 16.1. The van der Waals surface area contributed by atoms with Gasteiger partial charge < -0.3 is 59.8 Å². The number of carboxylic acid groups (broad SMARTS) is 2. The van der Waals surface area contributed by atoms with Gasteiger partial charge in [0.2, 0.25) is 11.6 Å². The molecular formula is C30H52N8O10S2. The van der Waals surface area contributed by atoms with Crippen molar-refractivity contribution in [2.24, 2.45) is 0 Å². The zero-order valence-corrected chi connectivity index (χ0v) is 31.2. The largest absolute Gasteiger partial charge is 0.478 e. The van der Waals surface area contributed by atoms with Crippen LogP contribution in [0.1, 0.15) is 41.5 Å². The van der Waals surface area contributed by atoms with Gasteiger partial charge in [-0.05, 0) is 41.5 Å². The summed E-state index contributed by atoms with van der Waals surface area (Å²) in [5, 5.41) is 42.0. The van der Waals surface area contributed by atoms with Gasteiger partial charge in [-0.1, -0.05) is 0 Å². The number of nitrogens with zero attached hydrogens (tertiary/aromatic N) is 6. The number of carboxylic acids is 2. The number of β-amino-alcohol motifs (C(OH)–C–C–N with tert-alkyl or cyclic N) is 2. The molecular weight excluding hydrogens is 697 g/mol. The van der Waals surface area contributed by atoms with Gasteiger partial charge in [0.1, 0.15) is 25.4 Å². The molecule has 0 aromatic carbocycles. The third-order valence-electron chi connectivity index (χ3n) is 6.44. The van der Waals surface area contributed by atoms with E-state index in [2.05, 4.69) is 79.5 Å². The van der Waals surface area contributed by atoms with Crippen LogP contribution in [0.25, 0.3) is 0 Å². The Morgan fingerprint density at radius 2 is 1.06 bits per heavy atom. The van der Waals surface area contributed by atoms with Gasteiger partial charge in [-0.25, -0.2) is 9.59 Å². The molecule has 4 heterocycles. The standard InChI is InChI=1S/2C13H24N4O3S.C4H4O4/c2*1-13(2,3)14-8-10(18)9-20-12-11(15-21-16-12)17-4-6-19-7-5-17;5-3(6)1-2-4(7)8/h2*10,14,18H,4-9H2,1-3H3;1-2H,(H,5,6)(H,7,8)/b;;2-1-/t10-;;/m0../s1. The van der Waals surface area contributed by atoms with Gasteiger partial charge in [0.25, 0.3) is 11.8 Å². The van der Waals surface area contributed by atoms with Crippen LogP contribution in [0.4, 0.5) is 11.6 Å². The summed E-state index contributed by atoms with van der Waals surface area (Å²) in [4.78, 5) is 23.3. The smallest absolute Gasteiger partial charge is 0.328 e. The lowest BCUT2D eigenvalue weighted by molar-refractivity contribution is -0.134. The highest BCUT2D eigenvalue weighted by Gasteiger charge is 2.22. The van der Waals surface area contributed by atoms with Gasteiger partial charge in [-0.2, -0.15) is 8.75 Å². The molecule has 2 aliphatic heterocycles. The Hall–Kier alpha value is -3.24. The Labute approximate surface area is 301 Å². The highest BCUT2D eigenvalue weighted by Crippen LogP contribution is 2.27. The zero-order chi connectivity index (χ0) is 37.2. The summed E-state index contributed by atoms with van der Waals surface area (Å²) in [5.74, 6) is -0.0215. The Balaban J connectivity index is 0.000000286. The summed E-state index contributed by atoms with van der Waals surface area (Å²) in [6.45, 7) is 19.6. The van der Waals surface area contributed by atoms with E-state index >= 15 is 0 Å². The minimum Gasteiger partial charge on any atom is -0.478 e. The van der Waals surface area contributed by atoms with Gasteiger partial charge in [-0.3, -0.25) is 0 Å². The van der Waals surface area contributed by atoms with Gasteiger partial charge in [0, 0.05) is 62.5 Å². The highest BCUT2D eigenvalue weighted by molar-refractivity contribution is 6.99. The molecule has 0 amide bonds. The molecule has 2 aromatic rings. The highest BCUT2D eigenvalue weighted by atomic mass is 32.1. The summed E-state index contributed by atoms with van der Waals surface area (Å²) in [6.07, 6.45) is -0.0445. The van der Waals surface area contributed by atoms with E-state index in [0.29, 0.717) is 63.4 Å². The second-order valence-corrected chi connectivity index (χ2v) is 14.2. The van der Waals surface area contributed by atoms with Gasteiger partial charge in [0.05, 0.1) is 49.9 Å². The summed E-state index contributed by atoms with van der Waals surface area (Å²) in [6, 6.07) is 0. The predicted molar refractivity (Wildman–Crippen MR) is 189 cm³/mol. The molecule has 0 aliphatic carbocycles. The Morgan fingerprint density at radius 3 is 1.36 bits per heavy atom. The van der Waals surface area contributed by atoms with E-state index < -0.39 is 24.1 Å². The van der Waals surface area contributed by atoms with Crippen LogP contribution >= 0.6 is 23.5 Å². The molecule has 0 radical (unpaired) electrons. The minimum atomic E-state index is -1.26. The number of aromatic nitrogens is 4. The molecule has 2 aliphatic rings. The number of anilines is 2. The molecule has 2 fully saturated rings. The van der Waals surface area contributed by atoms with Crippen LogP contribution < -0.4 is 29.9 Å². The number of rotatable bonds is 14. The summed E-state index contributed by atoms with van der Waals surface area (Å²) < 4.78 is 38.8. The molecule has 20 heteroatoms. The molecule has 50 heavy (non-hydrogen) atoms. The average molecular weight is 749 g/mol. The van der Waals surface area contributed by atoms with Gasteiger partial charge in [0.15, 0.2) is 0 Å². The van der Waals surface area contributed by atoms with Crippen molar-refractivity contribution in [2.45, 2.75) is 64.8 Å². The van der Waals surface area contributed by atoms with Crippen molar-refractivity contribution >= 4 is 47.0 Å². The molecule has 2 saturated heterocycles. The van der Waals surface area contributed by atoms with E-state index in [-0.39, 0.29) is 24.3 Å². The van der Waals surface area contributed by atoms with Crippen molar-refractivity contribution in [3.8, 4) is 11.8 Å². The van der Waals surface area contributed by atoms with Crippen molar-refractivity contribution in [1.29, 1.82) is 0 Å². The number of aliphatic hydroxyl groups excluding tert-OH is 2. The summed E-state index contributed by atoms with van der Waals surface area (Å²) in [5.41, 5.74) is -0.0513. The number of aliphatic carboxylic acids is 2. The lowest BCUT2D eigenvalue weighted by Gasteiger charge is -2.27. The van der Waals surface area contributed by atoms with Gasteiger partial charge >= 0.3 is 11.9 Å². The van der Waals surface area contributed by atoms with E-state index in [1.54, 1.807) is 0 Å². The first-order valence-corrected chi connectivity index (χ1v) is 17.6. The number of carbonyl (C=O) groups is 2. The molecule has 0 bridgehead atoms. The number of hydrogen-bond donors (Lipinski definition) is 6. The molecule has 1 unspecified atom stereocenters. The number of ether oxygens (including phenoxy) is 4. The molecule has 6 N–H and O–H groups in total. The van der Waals surface area contributed by atoms with E-state index in [1.807, 2.05) is 0 Å². The van der Waals surface area contributed by atoms with Crippen LogP contribution in [-0.4, -0.2) is 152 Å². The van der Waals surface area contributed by atoms with E-state index in [4.69, 9.17) is 29.2 Å². The number of nitrogens with one attached hydrogen (secondary N) is 2. The van der Waals surface area contributed by atoms with Gasteiger partial charge in [-0.15, -0.1) is 8.75 Å². The molecule has 2 aromatic heterocycles. The SMILES string of the molecule is CC(C)(C)NCC(O)COc1nsnc1N1CCOCC1.CC(C)(C)NC[C@H](O)COc1nsnc1N1CCOCC1.O=C(O)/C=C\C(=O)O.